The first-order chi connectivity index (χ1) is 12.3. The lowest BCUT2D eigenvalue weighted by atomic mass is 10.1. The van der Waals surface area contributed by atoms with Gasteiger partial charge in [0.15, 0.2) is 0 Å². The Morgan fingerprint density at radius 2 is 1.84 bits per heavy atom. The van der Waals surface area contributed by atoms with Crippen molar-refractivity contribution in [1.29, 1.82) is 0 Å². The zero-order chi connectivity index (χ0) is 17.2. The predicted molar refractivity (Wildman–Crippen MR) is 99.1 cm³/mol. The number of methoxy groups -OCH3 is 1. The molecule has 25 heavy (non-hydrogen) atoms. The summed E-state index contributed by atoms with van der Waals surface area (Å²) in [5.41, 5.74) is 2.71. The van der Waals surface area contributed by atoms with Crippen molar-refractivity contribution in [3.05, 3.63) is 66.1 Å². The van der Waals surface area contributed by atoms with Crippen LogP contribution in [0.2, 0.25) is 0 Å². The molecule has 0 saturated carbocycles. The molecule has 0 saturated heterocycles. The number of aromatic nitrogens is 2. The van der Waals surface area contributed by atoms with Crippen LogP contribution in [0.4, 0.5) is 15.9 Å². The second kappa shape index (κ2) is 6.49. The van der Waals surface area contributed by atoms with Gasteiger partial charge >= 0.3 is 0 Å². The van der Waals surface area contributed by atoms with Gasteiger partial charge in [-0.25, -0.2) is 14.4 Å². The lowest BCUT2D eigenvalue weighted by Gasteiger charge is -2.11. The largest absolute Gasteiger partial charge is 0.495 e. The van der Waals surface area contributed by atoms with E-state index in [1.807, 2.05) is 29.6 Å². The van der Waals surface area contributed by atoms with Gasteiger partial charge in [-0.2, -0.15) is 0 Å². The average Bonchev–Trinajstić information content (AvgIpc) is 3.08. The summed E-state index contributed by atoms with van der Waals surface area (Å²) in [6.07, 6.45) is 1.53. The molecule has 4 nitrogen and oxygen atoms in total. The summed E-state index contributed by atoms with van der Waals surface area (Å²) in [5, 5.41) is 6.25. The van der Waals surface area contributed by atoms with Crippen molar-refractivity contribution >= 4 is 33.1 Å². The molecule has 0 spiro atoms. The first kappa shape index (κ1) is 15.5. The Labute approximate surface area is 148 Å². The van der Waals surface area contributed by atoms with Gasteiger partial charge in [0.25, 0.3) is 0 Å². The third-order valence-electron chi connectivity index (χ3n) is 3.89. The Kier molecular flexibility index (Phi) is 4.03. The van der Waals surface area contributed by atoms with Crippen LogP contribution in [-0.2, 0) is 0 Å². The molecule has 0 atom stereocenters. The maximum atomic E-state index is 13.2. The normalized spacial score (nSPS) is 10.8. The minimum absolute atomic E-state index is 0.257. The van der Waals surface area contributed by atoms with Crippen LogP contribution in [0.3, 0.4) is 0 Å². The molecule has 0 amide bonds. The highest BCUT2D eigenvalue weighted by Gasteiger charge is 2.14. The van der Waals surface area contributed by atoms with Crippen LogP contribution in [0, 0.1) is 5.82 Å². The minimum atomic E-state index is -0.257. The second-order valence-electron chi connectivity index (χ2n) is 5.38. The van der Waals surface area contributed by atoms with Crippen LogP contribution < -0.4 is 10.1 Å². The molecule has 124 valence electrons. The highest BCUT2D eigenvalue weighted by atomic mass is 32.1. The van der Waals surface area contributed by atoms with Gasteiger partial charge in [-0.05, 0) is 29.8 Å². The molecule has 0 aliphatic rings. The summed E-state index contributed by atoms with van der Waals surface area (Å²) >= 11 is 1.53. The molecule has 0 fully saturated rings. The molecule has 0 radical (unpaired) electrons. The molecule has 0 aliphatic carbocycles. The lowest BCUT2D eigenvalue weighted by Crippen LogP contribution is -1.98. The summed E-state index contributed by atoms with van der Waals surface area (Å²) < 4.78 is 18.6. The third-order valence-corrected chi connectivity index (χ3v) is 4.77. The van der Waals surface area contributed by atoms with Crippen molar-refractivity contribution in [2.24, 2.45) is 0 Å². The zero-order valence-corrected chi connectivity index (χ0v) is 14.2. The van der Waals surface area contributed by atoms with E-state index in [9.17, 15) is 4.39 Å². The number of hydrogen-bond acceptors (Lipinski definition) is 5. The monoisotopic (exact) mass is 351 g/mol. The first-order valence-corrected chi connectivity index (χ1v) is 8.52. The molecule has 2 heterocycles. The van der Waals surface area contributed by atoms with E-state index in [1.165, 1.54) is 29.8 Å². The van der Waals surface area contributed by atoms with Gasteiger partial charge in [-0.1, -0.05) is 24.3 Å². The quantitative estimate of drug-likeness (QED) is 0.545. The van der Waals surface area contributed by atoms with Crippen molar-refractivity contribution in [2.45, 2.75) is 0 Å². The van der Waals surface area contributed by atoms with Crippen LogP contribution in [0.25, 0.3) is 21.3 Å². The van der Waals surface area contributed by atoms with Gasteiger partial charge in [0, 0.05) is 10.9 Å². The van der Waals surface area contributed by atoms with Crippen LogP contribution in [0.1, 0.15) is 0 Å². The van der Waals surface area contributed by atoms with E-state index in [2.05, 4.69) is 15.3 Å². The number of para-hydroxylation sites is 2. The van der Waals surface area contributed by atoms with E-state index in [-0.39, 0.29) is 5.82 Å². The topological polar surface area (TPSA) is 47.0 Å². The number of nitrogens with one attached hydrogen (secondary N) is 1. The Balaban J connectivity index is 1.84. The number of thiophene rings is 1. The summed E-state index contributed by atoms with van der Waals surface area (Å²) in [6, 6.07) is 14.1. The van der Waals surface area contributed by atoms with E-state index in [1.54, 1.807) is 19.2 Å². The van der Waals surface area contributed by atoms with Crippen molar-refractivity contribution in [1.82, 2.24) is 9.97 Å². The molecular formula is C19H14FN3OS. The summed E-state index contributed by atoms with van der Waals surface area (Å²) in [7, 11) is 1.63. The first-order valence-electron chi connectivity index (χ1n) is 7.64. The number of benzene rings is 2. The lowest BCUT2D eigenvalue weighted by molar-refractivity contribution is 0.417. The molecular weight excluding hydrogens is 337 g/mol. The maximum absolute atomic E-state index is 13.2. The van der Waals surface area contributed by atoms with Crippen molar-refractivity contribution in [2.75, 3.05) is 12.4 Å². The van der Waals surface area contributed by atoms with Crippen molar-refractivity contribution in [3.63, 3.8) is 0 Å². The molecule has 4 aromatic rings. The zero-order valence-electron chi connectivity index (χ0n) is 13.4. The number of nitrogens with zero attached hydrogens (tertiary/aromatic N) is 2. The standard InChI is InChI=1S/C19H14FN3OS/c1-24-16-5-3-2-4-15(16)23-18-17-14(10-25-19(17)22-11-21-18)12-6-8-13(20)9-7-12/h2-11H,1H3,(H,21,22,23). The fraction of sp³-hybridized carbons (Fsp3) is 0.0526. The SMILES string of the molecule is COc1ccccc1Nc1ncnc2scc(-c3ccc(F)cc3)c12. The predicted octanol–water partition coefficient (Wildman–Crippen LogP) is 5.25. The van der Waals surface area contributed by atoms with E-state index in [4.69, 9.17) is 4.74 Å². The van der Waals surface area contributed by atoms with E-state index in [0.717, 1.165) is 32.8 Å². The molecule has 2 aromatic carbocycles. The molecule has 0 bridgehead atoms. The molecule has 0 unspecified atom stereocenters. The average molecular weight is 351 g/mol. The van der Waals surface area contributed by atoms with E-state index >= 15 is 0 Å². The third kappa shape index (κ3) is 2.92. The number of rotatable bonds is 4. The number of ether oxygens (including phenoxy) is 1. The van der Waals surface area contributed by atoms with E-state index < -0.39 is 0 Å². The van der Waals surface area contributed by atoms with Gasteiger partial charge in [0.05, 0.1) is 18.2 Å². The van der Waals surface area contributed by atoms with Gasteiger partial charge in [-0.15, -0.1) is 11.3 Å². The molecule has 2 aromatic heterocycles. The molecule has 0 aliphatic heterocycles. The van der Waals surface area contributed by atoms with Gasteiger partial charge < -0.3 is 10.1 Å². The van der Waals surface area contributed by atoms with Crippen LogP contribution >= 0.6 is 11.3 Å². The molecule has 1 N–H and O–H groups in total. The number of anilines is 2. The van der Waals surface area contributed by atoms with Crippen molar-refractivity contribution in [3.8, 4) is 16.9 Å². The van der Waals surface area contributed by atoms with Crippen LogP contribution in [0.5, 0.6) is 5.75 Å². The van der Waals surface area contributed by atoms with E-state index in [0.29, 0.717) is 5.82 Å². The number of hydrogen-bond donors (Lipinski definition) is 1. The minimum Gasteiger partial charge on any atom is -0.495 e. The second-order valence-corrected chi connectivity index (χ2v) is 6.24. The Hall–Kier alpha value is -2.99. The van der Waals surface area contributed by atoms with Gasteiger partial charge in [-0.3, -0.25) is 0 Å². The van der Waals surface area contributed by atoms with Gasteiger partial charge in [0.1, 0.15) is 28.5 Å². The maximum Gasteiger partial charge on any atom is 0.143 e. The molecule has 6 heteroatoms. The van der Waals surface area contributed by atoms with Crippen LogP contribution in [-0.4, -0.2) is 17.1 Å². The summed E-state index contributed by atoms with van der Waals surface area (Å²) in [6.45, 7) is 0. The highest BCUT2D eigenvalue weighted by molar-refractivity contribution is 7.17. The fourth-order valence-corrected chi connectivity index (χ4v) is 3.60. The molecule has 4 rings (SSSR count). The Morgan fingerprint density at radius 1 is 1.04 bits per heavy atom. The number of halogens is 1. The Morgan fingerprint density at radius 3 is 2.64 bits per heavy atom. The number of fused-ring (bicyclic) bond motifs is 1. The van der Waals surface area contributed by atoms with Crippen LogP contribution in [0.15, 0.2) is 60.2 Å². The highest BCUT2D eigenvalue weighted by Crippen LogP contribution is 2.38. The van der Waals surface area contributed by atoms with Crippen molar-refractivity contribution < 1.29 is 9.13 Å². The Bertz CT molecular complexity index is 1030. The van der Waals surface area contributed by atoms with Gasteiger partial charge in [0.2, 0.25) is 0 Å². The smallest absolute Gasteiger partial charge is 0.143 e. The fourth-order valence-electron chi connectivity index (χ4n) is 2.69. The summed E-state index contributed by atoms with van der Waals surface area (Å²) in [5.74, 6) is 1.16. The summed E-state index contributed by atoms with van der Waals surface area (Å²) in [4.78, 5) is 9.63.